The lowest BCUT2D eigenvalue weighted by Crippen LogP contribution is -2.60. The van der Waals surface area contributed by atoms with Gasteiger partial charge in [0.1, 0.15) is 5.82 Å². The van der Waals surface area contributed by atoms with Gasteiger partial charge in [0.2, 0.25) is 10.0 Å². The fourth-order valence-corrected chi connectivity index (χ4v) is 4.22. The Hall–Kier alpha value is -3.60. The number of nitrogens with zero attached hydrogens (tertiary/aromatic N) is 1. The van der Waals surface area contributed by atoms with Crippen LogP contribution in [0.1, 0.15) is 28.5 Å². The summed E-state index contributed by atoms with van der Waals surface area (Å²) in [5.41, 5.74) is 11.2. The van der Waals surface area contributed by atoms with E-state index in [1.807, 2.05) is 12.1 Å². The van der Waals surface area contributed by atoms with E-state index in [2.05, 4.69) is 9.71 Å². The van der Waals surface area contributed by atoms with Crippen LogP contribution in [0.4, 0.5) is 5.82 Å². The van der Waals surface area contributed by atoms with Crippen LogP contribution >= 0.6 is 0 Å². The summed E-state index contributed by atoms with van der Waals surface area (Å²) in [6.45, 7) is 1.11. The largest absolute Gasteiger partial charge is 0.387 e. The standard InChI is InChI=1S/C23H24N4O5S/c1-23(25,27-33(30,31)19-7-3-2-4-8-19)22(29)32-21(28)17-13-10-16(11-14-17)12-15-18-6-5-9-20(24)26-18/h2-11,13-14,27H,12,15,25H2,1H3,(H2,24,26)/t23-/m0/s1. The predicted octanol–water partition coefficient (Wildman–Crippen LogP) is 1.79. The van der Waals surface area contributed by atoms with Gasteiger partial charge in [-0.15, -0.1) is 0 Å². The van der Waals surface area contributed by atoms with Gasteiger partial charge >= 0.3 is 11.9 Å². The molecule has 0 aliphatic carbocycles. The van der Waals surface area contributed by atoms with Crippen LogP contribution in [0.25, 0.3) is 0 Å². The molecule has 0 saturated heterocycles. The van der Waals surface area contributed by atoms with Crippen molar-refractivity contribution >= 4 is 27.8 Å². The summed E-state index contributed by atoms with van der Waals surface area (Å²) >= 11 is 0. The number of aromatic nitrogens is 1. The number of rotatable bonds is 8. The molecule has 2 aromatic carbocycles. The number of esters is 2. The van der Waals surface area contributed by atoms with E-state index in [9.17, 15) is 18.0 Å². The van der Waals surface area contributed by atoms with Crippen molar-refractivity contribution < 1.29 is 22.7 Å². The molecular formula is C23H24N4O5S. The minimum absolute atomic E-state index is 0.0789. The molecule has 0 fully saturated rings. The first-order chi connectivity index (χ1) is 15.6. The number of nitrogens with one attached hydrogen (secondary N) is 1. The van der Waals surface area contributed by atoms with E-state index in [0.717, 1.165) is 18.2 Å². The van der Waals surface area contributed by atoms with Crippen molar-refractivity contribution in [3.8, 4) is 0 Å². The van der Waals surface area contributed by atoms with E-state index >= 15 is 0 Å². The van der Waals surface area contributed by atoms with Crippen LogP contribution < -0.4 is 16.2 Å². The Morgan fingerprint density at radius 3 is 2.27 bits per heavy atom. The number of pyridine rings is 1. The van der Waals surface area contributed by atoms with E-state index in [1.165, 1.54) is 36.4 Å². The highest BCUT2D eigenvalue weighted by molar-refractivity contribution is 7.89. The molecule has 1 heterocycles. The molecule has 3 aromatic rings. The smallest absolute Gasteiger partial charge is 0.349 e. The van der Waals surface area contributed by atoms with Gasteiger partial charge in [-0.3, -0.25) is 0 Å². The Bertz CT molecular complexity index is 1240. The monoisotopic (exact) mass is 468 g/mol. The van der Waals surface area contributed by atoms with Crippen molar-refractivity contribution in [2.24, 2.45) is 5.73 Å². The maximum atomic E-state index is 12.4. The molecule has 0 unspecified atom stereocenters. The number of nitrogens with two attached hydrogens (primary N) is 2. The zero-order chi connectivity index (χ0) is 24.1. The van der Waals surface area contributed by atoms with Gasteiger partial charge in [-0.1, -0.05) is 36.4 Å². The summed E-state index contributed by atoms with van der Waals surface area (Å²) in [6, 6.07) is 19.3. The molecule has 0 aliphatic rings. The second kappa shape index (κ2) is 9.90. The Labute approximate surface area is 191 Å². The zero-order valence-corrected chi connectivity index (χ0v) is 18.7. The first-order valence-corrected chi connectivity index (χ1v) is 11.5. The number of hydrogen-bond donors (Lipinski definition) is 3. The van der Waals surface area contributed by atoms with Crippen LogP contribution in [0.2, 0.25) is 0 Å². The molecule has 33 heavy (non-hydrogen) atoms. The lowest BCUT2D eigenvalue weighted by molar-refractivity contribution is -0.144. The highest BCUT2D eigenvalue weighted by Gasteiger charge is 2.37. The van der Waals surface area contributed by atoms with Gasteiger partial charge in [-0.05, 0) is 61.7 Å². The van der Waals surface area contributed by atoms with E-state index < -0.39 is 27.6 Å². The number of hydrogen-bond acceptors (Lipinski definition) is 8. The maximum absolute atomic E-state index is 12.4. The van der Waals surface area contributed by atoms with E-state index in [0.29, 0.717) is 18.7 Å². The van der Waals surface area contributed by atoms with Crippen LogP contribution in [0.15, 0.2) is 77.7 Å². The van der Waals surface area contributed by atoms with Gasteiger partial charge < -0.3 is 16.2 Å². The third-order valence-corrected chi connectivity index (χ3v) is 6.28. The second-order valence-corrected chi connectivity index (χ2v) is 9.23. The van der Waals surface area contributed by atoms with Crippen LogP contribution in [0.5, 0.6) is 0 Å². The number of carbonyl (C=O) groups excluding carboxylic acids is 2. The lowest BCUT2D eigenvalue weighted by atomic mass is 10.1. The van der Waals surface area contributed by atoms with Crippen molar-refractivity contribution in [1.29, 1.82) is 0 Å². The van der Waals surface area contributed by atoms with Crippen LogP contribution in [0, 0.1) is 0 Å². The Kier molecular flexibility index (Phi) is 7.22. The van der Waals surface area contributed by atoms with Gasteiger partial charge in [0.15, 0.2) is 5.66 Å². The molecule has 0 bridgehead atoms. The Balaban J connectivity index is 1.60. The van der Waals surface area contributed by atoms with E-state index in [4.69, 9.17) is 16.2 Å². The van der Waals surface area contributed by atoms with Gasteiger partial charge in [0, 0.05) is 5.69 Å². The molecule has 0 aliphatic heterocycles. The number of anilines is 1. The number of carbonyl (C=O) groups is 2. The number of benzene rings is 2. The van der Waals surface area contributed by atoms with E-state index in [1.54, 1.807) is 24.3 Å². The van der Waals surface area contributed by atoms with Crippen molar-refractivity contribution in [2.75, 3.05) is 5.73 Å². The molecule has 1 aromatic heterocycles. The molecule has 0 saturated carbocycles. The number of nitrogen functional groups attached to an aromatic ring is 1. The van der Waals surface area contributed by atoms with Gasteiger partial charge in [0.05, 0.1) is 10.5 Å². The summed E-state index contributed by atoms with van der Waals surface area (Å²) in [7, 11) is -4.10. The third-order valence-electron chi connectivity index (χ3n) is 4.70. The predicted molar refractivity (Wildman–Crippen MR) is 122 cm³/mol. The highest BCUT2D eigenvalue weighted by atomic mass is 32.2. The van der Waals surface area contributed by atoms with Gasteiger partial charge in [-0.2, -0.15) is 4.72 Å². The summed E-state index contributed by atoms with van der Waals surface area (Å²) in [5.74, 6) is -1.73. The molecule has 9 nitrogen and oxygen atoms in total. The molecule has 3 rings (SSSR count). The molecule has 0 radical (unpaired) electrons. The molecule has 0 spiro atoms. The van der Waals surface area contributed by atoms with Crippen molar-refractivity contribution in [3.05, 3.63) is 89.6 Å². The van der Waals surface area contributed by atoms with Crippen LogP contribution in [-0.4, -0.2) is 31.0 Å². The van der Waals surface area contributed by atoms with E-state index in [-0.39, 0.29) is 10.5 Å². The number of aryl methyl sites for hydroxylation is 2. The minimum atomic E-state index is -4.10. The maximum Gasteiger partial charge on any atom is 0.349 e. The fourth-order valence-electron chi connectivity index (χ4n) is 2.95. The van der Waals surface area contributed by atoms with Gasteiger partial charge in [-0.25, -0.2) is 23.0 Å². The number of ether oxygens (including phenoxy) is 1. The van der Waals surface area contributed by atoms with Crippen molar-refractivity contribution in [1.82, 2.24) is 9.71 Å². The number of sulfonamides is 1. The van der Waals surface area contributed by atoms with Crippen LogP contribution in [0.3, 0.4) is 0 Å². The molecule has 0 amide bonds. The van der Waals surface area contributed by atoms with Crippen molar-refractivity contribution in [3.63, 3.8) is 0 Å². The zero-order valence-electron chi connectivity index (χ0n) is 17.9. The summed E-state index contributed by atoms with van der Waals surface area (Å²) in [6.07, 6.45) is 1.34. The fraction of sp³-hybridized carbons (Fsp3) is 0.174. The highest BCUT2D eigenvalue weighted by Crippen LogP contribution is 2.14. The molecule has 5 N–H and O–H groups in total. The molecule has 172 valence electrons. The van der Waals surface area contributed by atoms with Crippen LogP contribution in [-0.2, 0) is 32.4 Å². The summed E-state index contributed by atoms with van der Waals surface area (Å²) < 4.78 is 31.7. The first kappa shape index (κ1) is 24.1. The molecular weight excluding hydrogens is 444 g/mol. The molecule has 1 atom stereocenters. The minimum Gasteiger partial charge on any atom is -0.387 e. The lowest BCUT2D eigenvalue weighted by Gasteiger charge is -2.23. The second-order valence-electron chi connectivity index (χ2n) is 7.55. The normalized spacial score (nSPS) is 13.2. The summed E-state index contributed by atoms with van der Waals surface area (Å²) in [4.78, 5) is 28.9. The first-order valence-electron chi connectivity index (χ1n) is 10.0. The average molecular weight is 469 g/mol. The Morgan fingerprint density at radius 2 is 1.64 bits per heavy atom. The van der Waals surface area contributed by atoms with Gasteiger partial charge in [0.25, 0.3) is 0 Å². The third kappa shape index (κ3) is 6.45. The average Bonchev–Trinajstić information content (AvgIpc) is 2.78. The molecule has 10 heteroatoms. The SMILES string of the molecule is C[C@](N)(NS(=O)(=O)c1ccccc1)C(=O)OC(=O)c1ccc(CCc2cccc(N)n2)cc1. The summed E-state index contributed by atoms with van der Waals surface area (Å²) in [5, 5.41) is 0. The quantitative estimate of drug-likeness (QED) is 0.257. The Morgan fingerprint density at radius 1 is 0.970 bits per heavy atom. The topological polar surface area (TPSA) is 154 Å². The van der Waals surface area contributed by atoms with Crippen molar-refractivity contribution in [2.45, 2.75) is 30.3 Å².